The van der Waals surface area contributed by atoms with Gasteiger partial charge in [-0.15, -0.1) is 0 Å². The van der Waals surface area contributed by atoms with Gasteiger partial charge in [-0.1, -0.05) is 212 Å². The van der Waals surface area contributed by atoms with E-state index < -0.39 is 18.2 Å². The summed E-state index contributed by atoms with van der Waals surface area (Å²) in [6.45, 7) is 6.44. The summed E-state index contributed by atoms with van der Waals surface area (Å²) >= 11 is 0. The van der Waals surface area contributed by atoms with Crippen molar-refractivity contribution in [1.82, 2.24) is 5.32 Å². The van der Waals surface area contributed by atoms with E-state index in [0.717, 1.165) is 57.8 Å². The van der Waals surface area contributed by atoms with E-state index >= 15 is 0 Å². The third-order valence-electron chi connectivity index (χ3n) is 10.8. The molecule has 3 N–H and O–H groups in total. The Morgan fingerprint density at radius 3 is 1.41 bits per heavy atom. The van der Waals surface area contributed by atoms with Crippen LogP contribution >= 0.6 is 0 Å². The van der Waals surface area contributed by atoms with E-state index in [1.807, 2.05) is 0 Å². The van der Waals surface area contributed by atoms with Gasteiger partial charge in [-0.2, -0.15) is 0 Å². The van der Waals surface area contributed by atoms with E-state index in [-0.39, 0.29) is 24.9 Å². The summed E-state index contributed by atoms with van der Waals surface area (Å²) < 4.78 is 5.88. The van der Waals surface area contributed by atoms with Crippen LogP contribution in [0.5, 0.6) is 0 Å². The molecule has 0 aromatic heterocycles. The minimum absolute atomic E-state index is 0.0491. The highest BCUT2D eigenvalue weighted by Crippen LogP contribution is 2.17. The predicted molar refractivity (Wildman–Crippen MR) is 232 cm³/mol. The van der Waals surface area contributed by atoms with Gasteiger partial charge >= 0.3 is 5.97 Å². The lowest BCUT2D eigenvalue weighted by molar-refractivity contribution is -0.151. The van der Waals surface area contributed by atoms with Gasteiger partial charge in [-0.05, 0) is 44.9 Å². The van der Waals surface area contributed by atoms with Gasteiger partial charge in [0.25, 0.3) is 0 Å². The first-order chi connectivity index (χ1) is 26.5. The first-order valence-corrected chi connectivity index (χ1v) is 23.6. The molecule has 6 nitrogen and oxygen atoms in total. The number of hydrogen-bond donors (Lipinski definition) is 3. The highest BCUT2D eigenvalue weighted by molar-refractivity contribution is 5.77. The largest absolute Gasteiger partial charge is 0.462 e. The fraction of sp³-hybridized carbons (Fsp3) is 0.875. The molecule has 0 spiro atoms. The molecule has 6 heteroatoms. The third kappa shape index (κ3) is 37.3. The second kappa shape index (κ2) is 42.5. The first-order valence-electron chi connectivity index (χ1n) is 23.6. The monoisotopic (exact) mass is 762 g/mol. The Kier molecular flexibility index (Phi) is 41.2. The van der Waals surface area contributed by atoms with Crippen molar-refractivity contribution < 1.29 is 24.5 Å². The van der Waals surface area contributed by atoms with Crippen LogP contribution in [0.15, 0.2) is 24.3 Å². The molecule has 0 heterocycles. The molecule has 0 aromatic carbocycles. The Morgan fingerprint density at radius 2 is 0.944 bits per heavy atom. The van der Waals surface area contributed by atoms with Crippen molar-refractivity contribution in [2.45, 2.75) is 264 Å². The SMILES string of the molecule is CCCCCCCCC/C=C/C=C/CCCC(CC(=O)NC(CO)C(O)CCCCCCCCCCCC)OC(=O)CCCCCCCCCCCCC. The Bertz CT molecular complexity index is 858. The van der Waals surface area contributed by atoms with Gasteiger partial charge in [0.1, 0.15) is 6.10 Å². The quantitative estimate of drug-likeness (QED) is 0.0327. The van der Waals surface area contributed by atoms with Crippen molar-refractivity contribution in [3.63, 3.8) is 0 Å². The zero-order chi connectivity index (χ0) is 39.6. The summed E-state index contributed by atoms with van der Waals surface area (Å²) in [6.07, 6.45) is 46.7. The molecule has 0 rings (SSSR count). The molecule has 0 aliphatic carbocycles. The Morgan fingerprint density at radius 1 is 0.537 bits per heavy atom. The van der Waals surface area contributed by atoms with Gasteiger partial charge in [0, 0.05) is 6.42 Å². The van der Waals surface area contributed by atoms with Crippen molar-refractivity contribution in [2.24, 2.45) is 0 Å². The van der Waals surface area contributed by atoms with Crippen molar-refractivity contribution >= 4 is 11.9 Å². The molecule has 0 radical (unpaired) electrons. The number of esters is 1. The molecule has 0 bridgehead atoms. The molecule has 0 aromatic rings. The maximum absolute atomic E-state index is 13.1. The summed E-state index contributed by atoms with van der Waals surface area (Å²) in [5, 5.41) is 23.6. The zero-order valence-electron chi connectivity index (χ0n) is 36.1. The summed E-state index contributed by atoms with van der Waals surface area (Å²) in [7, 11) is 0. The van der Waals surface area contributed by atoms with Crippen LogP contribution in [0, 0.1) is 0 Å². The van der Waals surface area contributed by atoms with Gasteiger partial charge in [0.2, 0.25) is 5.91 Å². The number of nitrogens with one attached hydrogen (secondary N) is 1. The highest BCUT2D eigenvalue weighted by Gasteiger charge is 2.24. The highest BCUT2D eigenvalue weighted by atomic mass is 16.5. The van der Waals surface area contributed by atoms with Gasteiger partial charge in [-0.25, -0.2) is 0 Å². The van der Waals surface area contributed by atoms with Crippen LogP contribution in [0.25, 0.3) is 0 Å². The summed E-state index contributed by atoms with van der Waals surface area (Å²) in [5.74, 6) is -0.514. The van der Waals surface area contributed by atoms with Crippen LogP contribution in [0.2, 0.25) is 0 Å². The fourth-order valence-electron chi connectivity index (χ4n) is 7.19. The fourth-order valence-corrected chi connectivity index (χ4v) is 7.19. The summed E-state index contributed by atoms with van der Waals surface area (Å²) in [4.78, 5) is 26.0. The zero-order valence-corrected chi connectivity index (χ0v) is 36.1. The van der Waals surface area contributed by atoms with Gasteiger partial charge in [-0.3, -0.25) is 9.59 Å². The van der Waals surface area contributed by atoms with Crippen LogP contribution in [-0.4, -0.2) is 46.9 Å². The normalized spacial score (nSPS) is 13.5. The van der Waals surface area contributed by atoms with E-state index in [4.69, 9.17) is 4.74 Å². The minimum Gasteiger partial charge on any atom is -0.462 e. The number of aliphatic hydroxyl groups is 2. The molecule has 0 aliphatic heterocycles. The smallest absolute Gasteiger partial charge is 0.306 e. The summed E-state index contributed by atoms with van der Waals surface area (Å²) in [5.41, 5.74) is 0. The maximum atomic E-state index is 13.1. The second-order valence-electron chi connectivity index (χ2n) is 16.2. The Balaban J connectivity index is 4.66. The third-order valence-corrected chi connectivity index (χ3v) is 10.8. The molecule has 0 saturated carbocycles. The van der Waals surface area contributed by atoms with Gasteiger partial charge in [0.05, 0.1) is 25.2 Å². The topological polar surface area (TPSA) is 95.9 Å². The molecule has 0 fully saturated rings. The number of aliphatic hydroxyl groups excluding tert-OH is 2. The molecular weight excluding hydrogens is 671 g/mol. The number of amides is 1. The molecule has 1 amide bonds. The average Bonchev–Trinajstić information content (AvgIpc) is 3.16. The lowest BCUT2D eigenvalue weighted by Gasteiger charge is -2.24. The van der Waals surface area contributed by atoms with Crippen molar-refractivity contribution in [3.8, 4) is 0 Å². The second-order valence-corrected chi connectivity index (χ2v) is 16.2. The van der Waals surface area contributed by atoms with Gasteiger partial charge in [0.15, 0.2) is 0 Å². The van der Waals surface area contributed by atoms with E-state index in [1.54, 1.807) is 0 Å². The average molecular weight is 762 g/mol. The van der Waals surface area contributed by atoms with E-state index in [2.05, 4.69) is 50.4 Å². The Hall–Kier alpha value is -1.66. The molecular formula is C48H91NO5. The molecule has 3 unspecified atom stereocenters. The number of carbonyl (C=O) groups excluding carboxylic acids is 2. The van der Waals surface area contributed by atoms with E-state index in [1.165, 1.54) is 141 Å². The standard InChI is InChI=1S/C48H91NO5/c1-4-7-10-13-16-19-22-23-24-26-27-30-33-36-39-44(54-48(53)41-38-35-32-29-25-20-17-14-11-8-5-2)42-47(52)49-45(43-50)46(51)40-37-34-31-28-21-18-15-12-9-6-3/h24,26-27,30,44-46,50-51H,4-23,25,28-29,31-43H2,1-3H3,(H,49,52)/b26-24+,30-27+. The van der Waals surface area contributed by atoms with Crippen molar-refractivity contribution in [3.05, 3.63) is 24.3 Å². The van der Waals surface area contributed by atoms with Crippen LogP contribution in [-0.2, 0) is 14.3 Å². The molecule has 3 atom stereocenters. The van der Waals surface area contributed by atoms with Crippen LogP contribution in [0.3, 0.4) is 0 Å². The number of unbranched alkanes of at least 4 members (excludes halogenated alkanes) is 27. The number of hydrogen-bond acceptors (Lipinski definition) is 5. The predicted octanol–water partition coefficient (Wildman–Crippen LogP) is 13.6. The lowest BCUT2D eigenvalue weighted by Crippen LogP contribution is -2.46. The number of carbonyl (C=O) groups is 2. The van der Waals surface area contributed by atoms with Gasteiger partial charge < -0.3 is 20.3 Å². The molecule has 54 heavy (non-hydrogen) atoms. The van der Waals surface area contributed by atoms with Crippen molar-refractivity contribution in [1.29, 1.82) is 0 Å². The number of rotatable bonds is 42. The maximum Gasteiger partial charge on any atom is 0.306 e. The number of allylic oxidation sites excluding steroid dienone is 4. The molecule has 0 saturated heterocycles. The molecule has 318 valence electrons. The first kappa shape index (κ1) is 52.3. The van der Waals surface area contributed by atoms with E-state index in [0.29, 0.717) is 19.3 Å². The molecule has 0 aliphatic rings. The van der Waals surface area contributed by atoms with Crippen molar-refractivity contribution in [2.75, 3.05) is 6.61 Å². The number of ether oxygens (including phenoxy) is 1. The minimum atomic E-state index is -0.793. The lowest BCUT2D eigenvalue weighted by atomic mass is 10.0. The Labute approximate surface area is 335 Å². The van der Waals surface area contributed by atoms with Crippen LogP contribution in [0.1, 0.15) is 245 Å². The van der Waals surface area contributed by atoms with Crippen LogP contribution < -0.4 is 5.32 Å². The van der Waals surface area contributed by atoms with E-state index in [9.17, 15) is 19.8 Å². The summed E-state index contributed by atoms with van der Waals surface area (Å²) in [6, 6.07) is -0.709. The van der Waals surface area contributed by atoms with Crippen LogP contribution in [0.4, 0.5) is 0 Å².